The van der Waals surface area contributed by atoms with E-state index in [4.69, 9.17) is 31.3 Å². The van der Waals surface area contributed by atoms with Gasteiger partial charge in [-0.1, -0.05) is 11.6 Å². The second-order valence-electron chi connectivity index (χ2n) is 13.7. The Bertz CT molecular complexity index is 2030. The van der Waals surface area contributed by atoms with E-state index < -0.39 is 45.3 Å². The highest BCUT2D eigenvalue weighted by Crippen LogP contribution is 2.30. The third kappa shape index (κ3) is 10.3. The maximum atomic E-state index is 14.4. The molecule has 14 nitrogen and oxygen atoms in total. The number of fused-ring (bicyclic) bond motifs is 2. The van der Waals surface area contributed by atoms with Crippen LogP contribution in [-0.4, -0.2) is 94.2 Å². The summed E-state index contributed by atoms with van der Waals surface area (Å²) in [4.78, 5) is 47.9. The lowest BCUT2D eigenvalue weighted by Gasteiger charge is -2.26. The van der Waals surface area contributed by atoms with E-state index in [1.54, 1.807) is 21.3 Å². The quantitative estimate of drug-likeness (QED) is 0.0985. The first-order chi connectivity index (χ1) is 24.3. The van der Waals surface area contributed by atoms with Crippen LogP contribution in [0.2, 0.25) is 5.02 Å². The number of hydrogen-bond acceptors (Lipinski definition) is 10. The fourth-order valence-electron chi connectivity index (χ4n) is 5.23. The van der Waals surface area contributed by atoms with Crippen LogP contribution in [0, 0.1) is 5.82 Å². The van der Waals surface area contributed by atoms with Gasteiger partial charge < -0.3 is 49.7 Å². The van der Waals surface area contributed by atoms with Crippen LogP contribution in [0.4, 0.5) is 15.8 Å². The molecule has 2 aromatic heterocycles. The number of aliphatic hydroxyl groups is 2. The zero-order valence-corrected chi connectivity index (χ0v) is 30.8. The number of pyridine rings is 2. The van der Waals surface area contributed by atoms with Gasteiger partial charge in [0.05, 0.1) is 67.1 Å². The molecule has 284 valence electrons. The second-order valence-corrected chi connectivity index (χ2v) is 14.1. The Hall–Kier alpha value is -4.54. The molecule has 16 heteroatoms. The van der Waals surface area contributed by atoms with Crippen molar-refractivity contribution in [3.8, 4) is 0 Å². The molecule has 0 fully saturated rings. The maximum Gasteiger partial charge on any atom is 0.341 e. The van der Waals surface area contributed by atoms with Crippen molar-refractivity contribution < 1.29 is 43.9 Å². The molecule has 6 N–H and O–H groups in total. The van der Waals surface area contributed by atoms with Crippen LogP contribution in [0.25, 0.3) is 21.8 Å². The second kappa shape index (κ2) is 17.8. The van der Waals surface area contributed by atoms with Crippen LogP contribution >= 0.6 is 11.6 Å². The third-order valence-electron chi connectivity index (χ3n) is 7.69. The van der Waals surface area contributed by atoms with Gasteiger partial charge in [-0.15, -0.1) is 0 Å². The summed E-state index contributed by atoms with van der Waals surface area (Å²) >= 11 is 6.35. The number of anilines is 2. The predicted molar refractivity (Wildman–Crippen MR) is 198 cm³/mol. The van der Waals surface area contributed by atoms with Gasteiger partial charge >= 0.3 is 11.9 Å². The number of aromatic carboxylic acids is 2. The highest BCUT2D eigenvalue weighted by Gasteiger charge is 2.23. The lowest BCUT2D eigenvalue weighted by atomic mass is 10.0. The first-order valence-electron chi connectivity index (χ1n) is 16.4. The van der Waals surface area contributed by atoms with Crippen LogP contribution in [0.5, 0.6) is 0 Å². The number of carbonyl (C=O) groups is 2. The van der Waals surface area contributed by atoms with E-state index >= 15 is 0 Å². The summed E-state index contributed by atoms with van der Waals surface area (Å²) in [7, 11) is 0. The van der Waals surface area contributed by atoms with Gasteiger partial charge in [-0.3, -0.25) is 9.59 Å². The molecule has 4 rings (SSSR count). The van der Waals surface area contributed by atoms with Gasteiger partial charge in [0.15, 0.2) is 0 Å². The Morgan fingerprint density at radius 3 is 1.56 bits per heavy atom. The van der Waals surface area contributed by atoms with E-state index in [-0.39, 0.29) is 55.1 Å². The highest BCUT2D eigenvalue weighted by atomic mass is 35.5. The van der Waals surface area contributed by atoms with Crippen molar-refractivity contribution in [2.75, 3.05) is 63.4 Å². The molecule has 0 radical (unpaired) electrons. The minimum Gasteiger partial charge on any atom is -0.477 e. The van der Waals surface area contributed by atoms with E-state index in [0.717, 1.165) is 6.07 Å². The number of nitrogens with zero attached hydrogens (tertiary/aromatic N) is 2. The molecule has 0 saturated heterocycles. The Morgan fingerprint density at radius 1 is 0.712 bits per heavy atom. The summed E-state index contributed by atoms with van der Waals surface area (Å²) in [6, 6.07) is 5.78. The van der Waals surface area contributed by atoms with Crippen molar-refractivity contribution in [3.63, 3.8) is 0 Å². The first-order valence-corrected chi connectivity index (χ1v) is 16.8. The number of ether oxygens (including phenoxy) is 2. The van der Waals surface area contributed by atoms with Crippen molar-refractivity contribution in [3.05, 3.63) is 79.1 Å². The number of aliphatic hydroxyl groups excluding tert-OH is 2. The van der Waals surface area contributed by atoms with Gasteiger partial charge in [0.2, 0.25) is 10.9 Å². The molecular weight excluding hydrogens is 703 g/mol. The lowest BCUT2D eigenvalue weighted by Crippen LogP contribution is -2.28. The molecule has 52 heavy (non-hydrogen) atoms. The third-order valence-corrected chi connectivity index (χ3v) is 8.00. The van der Waals surface area contributed by atoms with Gasteiger partial charge in [-0.25, -0.2) is 14.0 Å². The van der Waals surface area contributed by atoms with Gasteiger partial charge in [0.25, 0.3) is 0 Å². The summed E-state index contributed by atoms with van der Waals surface area (Å²) in [6.45, 7) is 13.0. The van der Waals surface area contributed by atoms with Gasteiger partial charge in [0.1, 0.15) is 16.9 Å². The number of carboxylic acids is 2. The molecule has 0 atom stereocenters. The maximum absolute atomic E-state index is 14.4. The van der Waals surface area contributed by atoms with Gasteiger partial charge in [-0.2, -0.15) is 0 Å². The first kappa shape index (κ1) is 41.9. The fourth-order valence-corrected chi connectivity index (χ4v) is 5.45. The summed E-state index contributed by atoms with van der Waals surface area (Å²) < 4.78 is 28.1. The molecule has 4 aromatic rings. The van der Waals surface area contributed by atoms with Gasteiger partial charge in [-0.05, 0) is 65.8 Å². The van der Waals surface area contributed by atoms with Crippen LogP contribution in [-0.2, 0) is 20.6 Å². The average molecular weight is 749 g/mol. The predicted octanol–water partition coefficient (Wildman–Crippen LogP) is 4.54. The Labute approximate surface area is 304 Å². The zero-order valence-electron chi connectivity index (χ0n) is 30.0. The van der Waals surface area contributed by atoms with Crippen molar-refractivity contribution in [1.29, 1.82) is 0 Å². The Kier molecular flexibility index (Phi) is 14.3. The lowest BCUT2D eigenvalue weighted by molar-refractivity contribution is 0.0683. The van der Waals surface area contributed by atoms with Crippen molar-refractivity contribution >= 4 is 56.7 Å². The molecule has 0 unspecified atom stereocenters. The molecule has 0 spiro atoms. The molecule has 2 heterocycles. The topological polar surface area (TPSA) is 202 Å². The Balaban J connectivity index is 0.000000280. The molecule has 0 saturated carbocycles. The highest BCUT2D eigenvalue weighted by molar-refractivity contribution is 6.34. The SMILES string of the molecule is CC(C)(C)n1cc(C(=O)O)c(=O)c2cc(F)c(NCCOCCO)cc21.CC(C)(C)n1cc(C(=O)O)c(=O)c2cc(NCCOCCO)c(Cl)cc21. The molecule has 2 aromatic carbocycles. The molecule has 0 bridgehead atoms. The minimum absolute atomic E-state index is 0.0133. The smallest absolute Gasteiger partial charge is 0.341 e. The Morgan fingerprint density at radius 2 is 1.13 bits per heavy atom. The summed E-state index contributed by atoms with van der Waals surface area (Å²) in [5, 5.41) is 42.7. The van der Waals surface area contributed by atoms with Crippen LogP contribution in [0.3, 0.4) is 0 Å². The van der Waals surface area contributed by atoms with Crippen molar-refractivity contribution in [2.24, 2.45) is 0 Å². The number of nitrogens with one attached hydrogen (secondary N) is 2. The van der Waals surface area contributed by atoms with Crippen molar-refractivity contribution in [1.82, 2.24) is 9.13 Å². The molecule has 0 amide bonds. The standard InChI is InChI=1S/C18H23ClN2O5.C18H23FN2O5/c1-18(2,3)21-10-12(17(24)25)16(23)11-8-14(13(19)9-15(11)21)20-4-6-26-7-5-22;1-18(2,3)21-10-12(17(24)25)16(23)11-8-13(19)14(9-15(11)21)20-4-6-26-7-5-22/h2*8-10,20,22H,4-7H2,1-3H3,(H,24,25). The van der Waals surface area contributed by atoms with E-state index in [0.29, 0.717) is 41.4 Å². The van der Waals surface area contributed by atoms with E-state index in [1.165, 1.54) is 18.5 Å². The van der Waals surface area contributed by atoms with E-state index in [9.17, 15) is 33.8 Å². The number of rotatable bonds is 14. The number of halogens is 2. The largest absolute Gasteiger partial charge is 0.477 e. The summed E-state index contributed by atoms with van der Waals surface area (Å²) in [5.41, 5.74) is -1.20. The summed E-state index contributed by atoms with van der Waals surface area (Å²) in [5.74, 6) is -3.27. The molecular formula is C36H46ClFN4O10. The van der Waals surface area contributed by atoms with E-state index in [1.807, 2.05) is 41.5 Å². The zero-order chi connectivity index (χ0) is 39.0. The fraction of sp³-hybridized carbons (Fsp3) is 0.444. The normalized spacial score (nSPS) is 11.7. The number of carboxylic acid groups (broad SMARTS) is 2. The van der Waals surface area contributed by atoms with Gasteiger partial charge in [0, 0.05) is 47.3 Å². The molecule has 0 aliphatic heterocycles. The molecule has 0 aliphatic carbocycles. The average Bonchev–Trinajstić information content (AvgIpc) is 3.04. The number of aromatic nitrogens is 2. The monoisotopic (exact) mass is 748 g/mol. The van der Waals surface area contributed by atoms with Crippen LogP contribution < -0.4 is 21.5 Å². The number of hydrogen-bond donors (Lipinski definition) is 6. The summed E-state index contributed by atoms with van der Waals surface area (Å²) in [6.07, 6.45) is 2.65. The van der Waals surface area contributed by atoms with Crippen LogP contribution in [0.1, 0.15) is 62.3 Å². The van der Waals surface area contributed by atoms with Crippen LogP contribution in [0.15, 0.2) is 46.2 Å². The number of benzene rings is 2. The minimum atomic E-state index is -1.35. The van der Waals surface area contributed by atoms with Crippen molar-refractivity contribution in [2.45, 2.75) is 52.6 Å². The van der Waals surface area contributed by atoms with E-state index in [2.05, 4.69) is 10.6 Å². The molecule has 0 aliphatic rings.